The summed E-state index contributed by atoms with van der Waals surface area (Å²) < 4.78 is 6.17. The first-order valence-electron chi connectivity index (χ1n) is 5.68. The summed E-state index contributed by atoms with van der Waals surface area (Å²) in [5.41, 5.74) is 0.533. The third-order valence-electron chi connectivity index (χ3n) is 2.39. The lowest BCUT2D eigenvalue weighted by atomic mass is 10.3. The Kier molecular flexibility index (Phi) is 5.29. The summed E-state index contributed by atoms with van der Waals surface area (Å²) in [6.07, 6.45) is 0. The van der Waals surface area contributed by atoms with Gasteiger partial charge in [0.1, 0.15) is 5.75 Å². The monoisotopic (exact) mass is 373 g/mol. The summed E-state index contributed by atoms with van der Waals surface area (Å²) in [7, 11) is 0. The van der Waals surface area contributed by atoms with Gasteiger partial charge in [0, 0.05) is 9.50 Å². The fourth-order valence-corrected chi connectivity index (χ4v) is 2.11. The molecule has 0 fully saturated rings. The molecule has 104 valence electrons. The Morgan fingerprint density at radius 3 is 2.55 bits per heavy atom. The van der Waals surface area contributed by atoms with Crippen LogP contribution in [0.5, 0.6) is 5.75 Å². The molecular weight excluding hydrogens is 365 g/mol. The summed E-state index contributed by atoms with van der Waals surface area (Å²) in [5.74, 6) is 0.282. The maximum Gasteiger partial charge on any atom is 0.262 e. The second kappa shape index (κ2) is 6.97. The number of ether oxygens (including phenoxy) is 1. The topological polar surface area (TPSA) is 38.3 Å². The largest absolute Gasteiger partial charge is 0.484 e. The molecule has 0 aromatic heterocycles. The smallest absolute Gasteiger partial charge is 0.262 e. The van der Waals surface area contributed by atoms with Crippen molar-refractivity contribution in [3.8, 4) is 5.75 Å². The average molecular weight is 375 g/mol. The SMILES string of the molecule is O=C(COc1ccc(Cl)cc1)Nc1cc(Br)ccc1Cl. The number of carbonyl (C=O) groups excluding carboxylic acids is 1. The Morgan fingerprint density at radius 1 is 1.15 bits per heavy atom. The molecule has 0 radical (unpaired) electrons. The third-order valence-corrected chi connectivity index (χ3v) is 3.46. The van der Waals surface area contributed by atoms with Gasteiger partial charge in [0.25, 0.3) is 5.91 Å². The van der Waals surface area contributed by atoms with Gasteiger partial charge in [0.2, 0.25) is 0 Å². The van der Waals surface area contributed by atoms with Gasteiger partial charge >= 0.3 is 0 Å². The van der Waals surface area contributed by atoms with Crippen LogP contribution in [0.25, 0.3) is 0 Å². The first-order chi connectivity index (χ1) is 9.54. The summed E-state index contributed by atoms with van der Waals surface area (Å²) >= 11 is 15.1. The van der Waals surface area contributed by atoms with Crippen LogP contribution in [0.15, 0.2) is 46.9 Å². The Hall–Kier alpha value is -1.23. The first-order valence-corrected chi connectivity index (χ1v) is 7.23. The van der Waals surface area contributed by atoms with Gasteiger partial charge in [0.15, 0.2) is 6.61 Å². The van der Waals surface area contributed by atoms with E-state index in [1.54, 1.807) is 42.5 Å². The molecule has 0 atom stereocenters. The highest BCUT2D eigenvalue weighted by Crippen LogP contribution is 2.25. The van der Waals surface area contributed by atoms with Crippen LogP contribution in [-0.4, -0.2) is 12.5 Å². The van der Waals surface area contributed by atoms with Crippen molar-refractivity contribution in [3.05, 3.63) is 57.0 Å². The van der Waals surface area contributed by atoms with E-state index in [0.717, 1.165) is 4.47 Å². The number of carbonyl (C=O) groups is 1. The number of hydrogen-bond donors (Lipinski definition) is 1. The molecule has 0 saturated heterocycles. The molecule has 3 nitrogen and oxygen atoms in total. The Morgan fingerprint density at radius 2 is 1.85 bits per heavy atom. The summed E-state index contributed by atoms with van der Waals surface area (Å²) in [6.45, 7) is -0.107. The molecule has 1 amide bonds. The van der Waals surface area contributed by atoms with Crippen molar-refractivity contribution in [1.82, 2.24) is 0 Å². The van der Waals surface area contributed by atoms with Crippen molar-refractivity contribution in [3.63, 3.8) is 0 Å². The van der Waals surface area contributed by atoms with E-state index < -0.39 is 0 Å². The van der Waals surface area contributed by atoms with Crippen molar-refractivity contribution in [1.29, 1.82) is 0 Å². The minimum absolute atomic E-state index is 0.107. The fraction of sp³-hybridized carbons (Fsp3) is 0.0714. The van der Waals surface area contributed by atoms with E-state index >= 15 is 0 Å². The molecule has 0 heterocycles. The lowest BCUT2D eigenvalue weighted by Gasteiger charge is -2.09. The van der Waals surface area contributed by atoms with Gasteiger partial charge in [-0.1, -0.05) is 39.1 Å². The number of amides is 1. The zero-order valence-corrected chi connectivity index (χ0v) is 13.3. The highest BCUT2D eigenvalue weighted by Gasteiger charge is 2.07. The first kappa shape index (κ1) is 15.2. The summed E-state index contributed by atoms with van der Waals surface area (Å²) in [6, 6.07) is 12.0. The van der Waals surface area contributed by atoms with Gasteiger partial charge in [-0.15, -0.1) is 0 Å². The Bertz CT molecular complexity index is 617. The average Bonchev–Trinajstić information content (AvgIpc) is 2.42. The molecule has 2 aromatic rings. The lowest BCUT2D eigenvalue weighted by Crippen LogP contribution is -2.20. The van der Waals surface area contributed by atoms with Gasteiger partial charge in [-0.25, -0.2) is 0 Å². The van der Waals surface area contributed by atoms with Crippen LogP contribution in [0.4, 0.5) is 5.69 Å². The maximum absolute atomic E-state index is 11.8. The zero-order chi connectivity index (χ0) is 14.5. The molecule has 0 aliphatic heterocycles. The minimum atomic E-state index is -0.292. The van der Waals surface area contributed by atoms with Crippen LogP contribution < -0.4 is 10.1 Å². The highest BCUT2D eigenvalue weighted by molar-refractivity contribution is 9.10. The predicted molar refractivity (Wildman–Crippen MR) is 84.7 cm³/mol. The molecule has 0 saturated carbocycles. The van der Waals surface area contributed by atoms with Crippen LogP contribution in [0.3, 0.4) is 0 Å². The summed E-state index contributed by atoms with van der Waals surface area (Å²) in [5, 5.41) is 3.76. The number of halogens is 3. The van der Waals surface area contributed by atoms with Crippen molar-refractivity contribution in [2.75, 3.05) is 11.9 Å². The van der Waals surface area contributed by atoms with Gasteiger partial charge in [-0.05, 0) is 42.5 Å². The van der Waals surface area contributed by atoms with Gasteiger partial charge in [0.05, 0.1) is 10.7 Å². The maximum atomic E-state index is 11.8. The minimum Gasteiger partial charge on any atom is -0.484 e. The van der Waals surface area contributed by atoms with E-state index in [1.165, 1.54) is 0 Å². The van der Waals surface area contributed by atoms with Crippen molar-refractivity contribution < 1.29 is 9.53 Å². The quantitative estimate of drug-likeness (QED) is 0.836. The number of benzene rings is 2. The Labute approximate surface area is 135 Å². The van der Waals surface area contributed by atoms with E-state index in [2.05, 4.69) is 21.2 Å². The third kappa shape index (κ3) is 4.40. The van der Waals surface area contributed by atoms with Gasteiger partial charge < -0.3 is 10.1 Å². The normalized spacial score (nSPS) is 10.2. The highest BCUT2D eigenvalue weighted by atomic mass is 79.9. The van der Waals surface area contributed by atoms with Crippen LogP contribution in [0, 0.1) is 0 Å². The Balaban J connectivity index is 1.92. The van der Waals surface area contributed by atoms with Crippen LogP contribution >= 0.6 is 39.1 Å². The summed E-state index contributed by atoms with van der Waals surface area (Å²) in [4.78, 5) is 11.8. The molecule has 0 aliphatic rings. The number of hydrogen-bond acceptors (Lipinski definition) is 2. The fourth-order valence-electron chi connectivity index (χ4n) is 1.46. The van der Waals surface area contributed by atoms with Crippen molar-refractivity contribution in [2.24, 2.45) is 0 Å². The van der Waals surface area contributed by atoms with Crippen molar-refractivity contribution >= 4 is 50.7 Å². The van der Waals surface area contributed by atoms with Gasteiger partial charge in [-0.3, -0.25) is 4.79 Å². The molecule has 6 heteroatoms. The number of anilines is 1. The molecule has 0 aliphatic carbocycles. The van der Waals surface area contributed by atoms with Crippen LogP contribution in [-0.2, 0) is 4.79 Å². The second-order valence-electron chi connectivity index (χ2n) is 3.91. The number of rotatable bonds is 4. The van der Waals surface area contributed by atoms with E-state index in [-0.39, 0.29) is 12.5 Å². The predicted octanol–water partition coefficient (Wildman–Crippen LogP) is 4.77. The second-order valence-corrected chi connectivity index (χ2v) is 5.67. The molecule has 2 aromatic carbocycles. The standard InChI is InChI=1S/C14H10BrCl2NO2/c15-9-1-6-12(17)13(7-9)18-14(19)8-20-11-4-2-10(16)3-5-11/h1-7H,8H2,(H,18,19). The molecule has 0 spiro atoms. The molecule has 0 bridgehead atoms. The lowest BCUT2D eigenvalue weighted by molar-refractivity contribution is -0.118. The molecule has 1 N–H and O–H groups in total. The number of nitrogens with one attached hydrogen (secondary N) is 1. The van der Waals surface area contributed by atoms with E-state index in [1.807, 2.05) is 0 Å². The molecule has 0 unspecified atom stereocenters. The van der Waals surface area contributed by atoms with Crippen molar-refractivity contribution in [2.45, 2.75) is 0 Å². The molecule has 20 heavy (non-hydrogen) atoms. The zero-order valence-electron chi connectivity index (χ0n) is 10.2. The molecule has 2 rings (SSSR count). The van der Waals surface area contributed by atoms with Crippen LogP contribution in [0.2, 0.25) is 10.0 Å². The molecular formula is C14H10BrCl2NO2. The van der Waals surface area contributed by atoms with E-state index in [4.69, 9.17) is 27.9 Å². The van der Waals surface area contributed by atoms with Gasteiger partial charge in [-0.2, -0.15) is 0 Å². The van der Waals surface area contributed by atoms with Crippen LogP contribution in [0.1, 0.15) is 0 Å². The van der Waals surface area contributed by atoms with E-state index in [9.17, 15) is 4.79 Å². The van der Waals surface area contributed by atoms with E-state index in [0.29, 0.717) is 21.5 Å².